The summed E-state index contributed by atoms with van der Waals surface area (Å²) in [5.41, 5.74) is 3.65. The maximum absolute atomic E-state index is 12.5. The first kappa shape index (κ1) is 26.3. The van der Waals surface area contributed by atoms with Crippen molar-refractivity contribution in [3.8, 4) is 0 Å². The Morgan fingerprint density at radius 1 is 1.14 bits per heavy atom. The van der Waals surface area contributed by atoms with Gasteiger partial charge in [-0.05, 0) is 70.2 Å². The quantitative estimate of drug-likeness (QED) is 0.274. The molecule has 0 radical (unpaired) electrons. The van der Waals surface area contributed by atoms with E-state index in [0.29, 0.717) is 22.4 Å². The van der Waals surface area contributed by atoms with Crippen LogP contribution in [0.15, 0.2) is 71.3 Å². The Bertz CT molecular complexity index is 1270. The number of fused-ring (bicyclic) bond motifs is 1. The van der Waals surface area contributed by atoms with Gasteiger partial charge < -0.3 is 25.4 Å². The molecule has 4 rings (SSSR count). The molecule has 2 unspecified atom stereocenters. The second kappa shape index (κ2) is 12.5. The molecule has 3 N–H and O–H groups in total. The highest BCUT2D eigenvalue weighted by Gasteiger charge is 2.27. The molecule has 2 aromatic carbocycles. The molecule has 2 amide bonds. The number of aromatic nitrogens is 1. The topological polar surface area (TPSA) is 119 Å². The van der Waals surface area contributed by atoms with E-state index in [4.69, 9.17) is 9.47 Å². The number of pyridine rings is 1. The number of esters is 1. The van der Waals surface area contributed by atoms with Crippen molar-refractivity contribution in [2.45, 2.75) is 25.5 Å². The summed E-state index contributed by atoms with van der Waals surface area (Å²) >= 11 is 3.45. The predicted octanol–water partition coefficient (Wildman–Crippen LogP) is 4.31. The van der Waals surface area contributed by atoms with E-state index in [0.717, 1.165) is 23.1 Å². The van der Waals surface area contributed by atoms with Crippen LogP contribution in [0.25, 0.3) is 0 Å². The minimum absolute atomic E-state index is 0.0267. The number of anilines is 1. The maximum atomic E-state index is 12.5. The summed E-state index contributed by atoms with van der Waals surface area (Å²) in [5, 5.41) is 8.57. The van der Waals surface area contributed by atoms with Crippen molar-refractivity contribution in [2.75, 3.05) is 25.0 Å². The molecule has 1 aliphatic heterocycles. The highest BCUT2D eigenvalue weighted by Crippen LogP contribution is 2.28. The third-order valence-electron chi connectivity index (χ3n) is 5.85. The molecule has 2 heterocycles. The molecule has 0 aliphatic carbocycles. The number of benzene rings is 2. The lowest BCUT2D eigenvalue weighted by Crippen LogP contribution is -2.37. The zero-order valence-corrected chi connectivity index (χ0v) is 21.8. The van der Waals surface area contributed by atoms with Crippen molar-refractivity contribution in [1.29, 1.82) is 0 Å². The molecule has 1 aromatic heterocycles. The molecular weight excluding hydrogens is 540 g/mol. The number of halogens is 1. The summed E-state index contributed by atoms with van der Waals surface area (Å²) in [6.07, 6.45) is 1.23. The SMILES string of the molecule is CC(OC(=O)NCCOC(=O)C1NCCc2ccccc21)c1ccc(NC(=O)c2ccccn2)c(Br)c1. The minimum Gasteiger partial charge on any atom is -0.462 e. The Kier molecular flexibility index (Phi) is 8.86. The summed E-state index contributed by atoms with van der Waals surface area (Å²) in [7, 11) is 0. The average molecular weight is 567 g/mol. The van der Waals surface area contributed by atoms with Gasteiger partial charge in [0.2, 0.25) is 0 Å². The molecule has 2 atom stereocenters. The van der Waals surface area contributed by atoms with Crippen LogP contribution in [0.3, 0.4) is 0 Å². The van der Waals surface area contributed by atoms with Gasteiger partial charge in [0.25, 0.3) is 5.91 Å². The van der Waals surface area contributed by atoms with E-state index < -0.39 is 18.2 Å². The average Bonchev–Trinajstić information content (AvgIpc) is 2.92. The Hall–Kier alpha value is -3.76. The van der Waals surface area contributed by atoms with Crippen LogP contribution in [-0.4, -0.2) is 42.7 Å². The van der Waals surface area contributed by atoms with Crippen LogP contribution in [0.5, 0.6) is 0 Å². The smallest absolute Gasteiger partial charge is 0.407 e. The van der Waals surface area contributed by atoms with Gasteiger partial charge in [-0.25, -0.2) is 9.59 Å². The van der Waals surface area contributed by atoms with Gasteiger partial charge >= 0.3 is 12.1 Å². The van der Waals surface area contributed by atoms with E-state index in [1.165, 1.54) is 0 Å². The Morgan fingerprint density at radius 2 is 1.95 bits per heavy atom. The molecule has 0 fully saturated rings. The van der Waals surface area contributed by atoms with Gasteiger partial charge in [-0.3, -0.25) is 9.78 Å². The molecule has 0 saturated carbocycles. The second-order valence-electron chi connectivity index (χ2n) is 8.39. The van der Waals surface area contributed by atoms with Crippen LogP contribution in [-0.2, 0) is 20.7 Å². The molecular formula is C27H27BrN4O5. The van der Waals surface area contributed by atoms with Crippen molar-refractivity contribution in [3.63, 3.8) is 0 Å². The van der Waals surface area contributed by atoms with Crippen molar-refractivity contribution in [1.82, 2.24) is 15.6 Å². The van der Waals surface area contributed by atoms with Crippen LogP contribution in [0.1, 0.15) is 46.2 Å². The van der Waals surface area contributed by atoms with E-state index in [9.17, 15) is 14.4 Å². The Labute approximate surface area is 223 Å². The number of hydrogen-bond donors (Lipinski definition) is 3. The number of carbonyl (C=O) groups excluding carboxylic acids is 3. The molecule has 0 saturated heterocycles. The van der Waals surface area contributed by atoms with E-state index in [-0.39, 0.29) is 25.0 Å². The van der Waals surface area contributed by atoms with Crippen LogP contribution >= 0.6 is 15.9 Å². The predicted molar refractivity (Wildman–Crippen MR) is 141 cm³/mol. The van der Waals surface area contributed by atoms with Gasteiger partial charge in [-0.2, -0.15) is 0 Å². The lowest BCUT2D eigenvalue weighted by molar-refractivity contribution is -0.146. The third kappa shape index (κ3) is 6.93. The van der Waals surface area contributed by atoms with E-state index >= 15 is 0 Å². The number of rotatable bonds is 8. The first-order chi connectivity index (χ1) is 17.9. The van der Waals surface area contributed by atoms with E-state index in [2.05, 4.69) is 36.9 Å². The number of amides is 2. The van der Waals surface area contributed by atoms with Gasteiger partial charge in [0.05, 0.1) is 12.2 Å². The summed E-state index contributed by atoms with van der Waals surface area (Å²) in [5.74, 6) is -0.710. The van der Waals surface area contributed by atoms with Crippen molar-refractivity contribution in [2.24, 2.45) is 0 Å². The van der Waals surface area contributed by atoms with Crippen LogP contribution < -0.4 is 16.0 Å². The van der Waals surface area contributed by atoms with Gasteiger partial charge in [0.1, 0.15) is 24.4 Å². The lowest BCUT2D eigenvalue weighted by Gasteiger charge is -2.25. The van der Waals surface area contributed by atoms with Gasteiger partial charge in [0, 0.05) is 17.2 Å². The normalized spacial score (nSPS) is 15.1. The molecule has 1 aliphatic rings. The summed E-state index contributed by atoms with van der Waals surface area (Å²) in [4.78, 5) is 41.1. The van der Waals surface area contributed by atoms with Crippen LogP contribution in [0, 0.1) is 0 Å². The van der Waals surface area contributed by atoms with E-state index in [1.807, 2.05) is 24.3 Å². The van der Waals surface area contributed by atoms with Gasteiger partial charge in [0.15, 0.2) is 0 Å². The first-order valence-electron chi connectivity index (χ1n) is 11.9. The Morgan fingerprint density at radius 3 is 2.73 bits per heavy atom. The molecule has 9 nitrogen and oxygen atoms in total. The van der Waals surface area contributed by atoms with Gasteiger partial charge in [-0.1, -0.05) is 36.4 Å². The fourth-order valence-corrected chi connectivity index (χ4v) is 4.44. The largest absolute Gasteiger partial charge is 0.462 e. The summed E-state index contributed by atoms with van der Waals surface area (Å²) < 4.78 is 11.4. The zero-order chi connectivity index (χ0) is 26.2. The third-order valence-corrected chi connectivity index (χ3v) is 6.51. The molecule has 192 valence electrons. The Balaban J connectivity index is 1.21. The number of hydrogen-bond acceptors (Lipinski definition) is 7. The van der Waals surface area contributed by atoms with Crippen molar-refractivity contribution < 1.29 is 23.9 Å². The van der Waals surface area contributed by atoms with Crippen LogP contribution in [0.4, 0.5) is 10.5 Å². The fourth-order valence-electron chi connectivity index (χ4n) is 3.94. The number of nitrogens with one attached hydrogen (secondary N) is 3. The molecule has 3 aromatic rings. The van der Waals surface area contributed by atoms with Gasteiger partial charge in [-0.15, -0.1) is 0 Å². The molecule has 10 heteroatoms. The minimum atomic E-state index is -0.631. The highest BCUT2D eigenvalue weighted by atomic mass is 79.9. The number of nitrogens with zero attached hydrogens (tertiary/aromatic N) is 1. The van der Waals surface area contributed by atoms with E-state index in [1.54, 1.807) is 49.5 Å². The first-order valence-corrected chi connectivity index (χ1v) is 12.7. The zero-order valence-electron chi connectivity index (χ0n) is 20.2. The fraction of sp³-hybridized carbons (Fsp3) is 0.259. The van der Waals surface area contributed by atoms with Crippen molar-refractivity contribution >= 4 is 39.6 Å². The van der Waals surface area contributed by atoms with Crippen molar-refractivity contribution in [3.05, 3.63) is 93.7 Å². The number of alkyl carbamates (subject to hydrolysis) is 1. The summed E-state index contributed by atoms with van der Waals surface area (Å²) in [6.45, 7) is 2.58. The maximum Gasteiger partial charge on any atom is 0.407 e. The lowest BCUT2D eigenvalue weighted by atomic mass is 9.94. The monoisotopic (exact) mass is 566 g/mol. The molecule has 0 spiro atoms. The molecule has 0 bridgehead atoms. The number of ether oxygens (including phenoxy) is 2. The standard InChI is InChI=1S/C27H27BrN4O5/c1-17(19-9-10-22(21(28)16-19)32-25(33)23-8-4-5-12-29-23)37-27(35)31-14-15-36-26(34)24-20-7-3-2-6-18(20)11-13-30-24/h2-10,12,16-17,24,30H,11,13-15H2,1H3,(H,31,35)(H,32,33). The molecule has 37 heavy (non-hydrogen) atoms. The second-order valence-corrected chi connectivity index (χ2v) is 9.24. The highest BCUT2D eigenvalue weighted by molar-refractivity contribution is 9.10. The number of carbonyl (C=O) groups is 3. The summed E-state index contributed by atoms with van der Waals surface area (Å²) in [6, 6.07) is 17.6. The van der Waals surface area contributed by atoms with Crippen LogP contribution in [0.2, 0.25) is 0 Å².